The molecule has 0 spiro atoms. The molecule has 0 radical (unpaired) electrons. The largest absolute Gasteiger partial charge is 0.272 e. The van der Waals surface area contributed by atoms with Crippen molar-refractivity contribution in [2.24, 2.45) is 0 Å². The predicted molar refractivity (Wildman–Crippen MR) is 155 cm³/mol. The smallest absolute Gasteiger partial charge is 0.267 e. The fraction of sp³-hybridized carbons (Fsp3) is 0.156. The van der Waals surface area contributed by atoms with Gasteiger partial charge in [0, 0.05) is 22.9 Å². The summed E-state index contributed by atoms with van der Waals surface area (Å²) in [5.74, 6) is 0. The minimum absolute atomic E-state index is 0.136. The number of fused-ring (bicyclic) bond motifs is 5. The molecular weight excluding hydrogens is 522 g/mol. The quantitative estimate of drug-likeness (QED) is 0.232. The lowest BCUT2D eigenvalue weighted by Gasteiger charge is -2.26. The molecular formula is C32H26BrN3O. The monoisotopic (exact) mass is 547 g/mol. The number of nitrogens with one attached hydrogen (secondary N) is 1. The van der Waals surface area contributed by atoms with Gasteiger partial charge in [0.1, 0.15) is 4.60 Å². The summed E-state index contributed by atoms with van der Waals surface area (Å²) in [7, 11) is 0. The van der Waals surface area contributed by atoms with Crippen LogP contribution in [0.4, 0.5) is 0 Å². The second-order valence-electron chi connectivity index (χ2n) is 9.48. The summed E-state index contributed by atoms with van der Waals surface area (Å²) >= 11 is 3.50. The van der Waals surface area contributed by atoms with Gasteiger partial charge in [0.25, 0.3) is 5.56 Å². The highest BCUT2D eigenvalue weighted by atomic mass is 79.9. The van der Waals surface area contributed by atoms with E-state index in [0.29, 0.717) is 5.39 Å². The Morgan fingerprint density at radius 3 is 2.62 bits per heavy atom. The van der Waals surface area contributed by atoms with Gasteiger partial charge in [-0.15, -0.1) is 0 Å². The summed E-state index contributed by atoms with van der Waals surface area (Å²) in [6.45, 7) is 0. The molecule has 0 unspecified atom stereocenters. The number of nitrogens with zero attached hydrogens (tertiary/aromatic N) is 2. The highest BCUT2D eigenvalue weighted by Crippen LogP contribution is 2.41. The van der Waals surface area contributed by atoms with Crippen molar-refractivity contribution in [3.8, 4) is 0 Å². The molecule has 5 aromatic rings. The van der Waals surface area contributed by atoms with Gasteiger partial charge >= 0.3 is 0 Å². The predicted octanol–water partition coefficient (Wildman–Crippen LogP) is 7.56. The SMILES string of the molecule is Brc1cccc(Cc2cccc3ccc4c(c23)CCC2=C4C=CCC2)n1.O=c1[nH]ncc2ccccc12. The highest BCUT2D eigenvalue weighted by molar-refractivity contribution is 9.10. The minimum atomic E-state index is -0.136. The molecule has 2 aliphatic rings. The Labute approximate surface area is 223 Å². The van der Waals surface area contributed by atoms with E-state index < -0.39 is 0 Å². The molecule has 0 bridgehead atoms. The first kappa shape index (κ1) is 23.6. The van der Waals surface area contributed by atoms with E-state index >= 15 is 0 Å². The molecule has 0 amide bonds. The Bertz CT molecular complexity index is 1740. The molecule has 0 fully saturated rings. The van der Waals surface area contributed by atoms with E-state index in [9.17, 15) is 4.79 Å². The van der Waals surface area contributed by atoms with Crippen LogP contribution in [0.25, 0.3) is 27.1 Å². The van der Waals surface area contributed by atoms with Crippen LogP contribution in [0.1, 0.15) is 41.6 Å². The first-order valence-electron chi connectivity index (χ1n) is 12.6. The molecule has 5 heteroatoms. The second-order valence-corrected chi connectivity index (χ2v) is 10.3. The van der Waals surface area contributed by atoms with Gasteiger partial charge in [0.05, 0.1) is 6.20 Å². The maximum absolute atomic E-state index is 11.1. The minimum Gasteiger partial charge on any atom is -0.267 e. The topological polar surface area (TPSA) is 58.6 Å². The van der Waals surface area contributed by atoms with Crippen LogP contribution in [0.5, 0.6) is 0 Å². The standard InChI is InChI=1S/C24H20BrN.C8H6N2O/c25-23-10-4-8-19(26-23)15-18-7-3-6-17-12-13-21-20-9-2-1-5-16(20)11-14-22(21)24(17)18;11-8-7-4-2-1-3-6(7)5-9-10-8/h2-4,6-10,12-13H,1,5,11,14-15H2;1-5H,(H,10,11). The van der Waals surface area contributed by atoms with E-state index in [0.717, 1.165) is 28.5 Å². The lowest BCUT2D eigenvalue weighted by atomic mass is 9.78. The number of H-pyrrole nitrogens is 1. The molecule has 2 aliphatic carbocycles. The molecule has 0 aliphatic heterocycles. The van der Waals surface area contributed by atoms with Gasteiger partial charge in [-0.1, -0.05) is 72.3 Å². The maximum Gasteiger partial charge on any atom is 0.272 e. The first-order chi connectivity index (χ1) is 18.2. The van der Waals surface area contributed by atoms with Gasteiger partial charge in [0.15, 0.2) is 0 Å². The number of pyridine rings is 1. The number of halogens is 1. The molecule has 4 nitrogen and oxygen atoms in total. The van der Waals surface area contributed by atoms with Crippen molar-refractivity contribution in [1.82, 2.24) is 15.2 Å². The number of rotatable bonds is 2. The average molecular weight is 548 g/mol. The highest BCUT2D eigenvalue weighted by Gasteiger charge is 2.21. The second kappa shape index (κ2) is 10.3. The molecule has 7 rings (SSSR count). The molecule has 3 aromatic carbocycles. The number of benzene rings is 3. The number of aromatic nitrogens is 3. The number of allylic oxidation sites excluding steroid dienone is 4. The normalized spacial score (nSPS) is 14.2. The maximum atomic E-state index is 11.1. The van der Waals surface area contributed by atoms with Crippen LogP contribution in [0.15, 0.2) is 106 Å². The third kappa shape index (κ3) is 4.79. The third-order valence-corrected chi connectivity index (χ3v) is 7.65. The molecule has 0 saturated heterocycles. The number of aryl methyl sites for hydroxylation is 1. The summed E-state index contributed by atoms with van der Waals surface area (Å²) in [4.78, 5) is 15.7. The molecule has 37 heavy (non-hydrogen) atoms. The van der Waals surface area contributed by atoms with Gasteiger partial charge in [-0.05, 0) is 92.8 Å². The van der Waals surface area contributed by atoms with Crippen molar-refractivity contribution in [2.75, 3.05) is 0 Å². The van der Waals surface area contributed by atoms with Crippen molar-refractivity contribution < 1.29 is 0 Å². The van der Waals surface area contributed by atoms with E-state index in [1.165, 1.54) is 52.3 Å². The van der Waals surface area contributed by atoms with Crippen molar-refractivity contribution in [2.45, 2.75) is 32.1 Å². The summed E-state index contributed by atoms with van der Waals surface area (Å²) in [6.07, 6.45) is 12.0. The van der Waals surface area contributed by atoms with Gasteiger partial charge in [-0.3, -0.25) is 4.79 Å². The Hall–Kier alpha value is -3.83. The zero-order chi connectivity index (χ0) is 25.2. The van der Waals surface area contributed by atoms with E-state index in [2.05, 4.69) is 85.7 Å². The van der Waals surface area contributed by atoms with Crippen LogP contribution in [-0.2, 0) is 12.8 Å². The molecule has 1 N–H and O–H groups in total. The van der Waals surface area contributed by atoms with E-state index in [-0.39, 0.29) is 5.56 Å². The summed E-state index contributed by atoms with van der Waals surface area (Å²) in [6, 6.07) is 24.8. The number of hydrogen-bond donors (Lipinski definition) is 1. The van der Waals surface area contributed by atoms with Gasteiger partial charge < -0.3 is 0 Å². The summed E-state index contributed by atoms with van der Waals surface area (Å²) in [5.41, 5.74) is 8.46. The zero-order valence-corrected chi connectivity index (χ0v) is 22.0. The van der Waals surface area contributed by atoms with Crippen molar-refractivity contribution >= 4 is 43.0 Å². The Morgan fingerprint density at radius 1 is 0.865 bits per heavy atom. The zero-order valence-electron chi connectivity index (χ0n) is 20.4. The summed E-state index contributed by atoms with van der Waals surface area (Å²) in [5, 5.41) is 10.4. The fourth-order valence-corrected chi connectivity index (χ4v) is 5.88. The Balaban J connectivity index is 0.000000191. The third-order valence-electron chi connectivity index (χ3n) is 7.20. The van der Waals surface area contributed by atoms with Gasteiger partial charge in [0.2, 0.25) is 0 Å². The molecule has 182 valence electrons. The lowest BCUT2D eigenvalue weighted by molar-refractivity contribution is 0.830. The van der Waals surface area contributed by atoms with Gasteiger partial charge in [-0.2, -0.15) is 5.10 Å². The number of hydrogen-bond acceptors (Lipinski definition) is 3. The van der Waals surface area contributed by atoms with Crippen molar-refractivity contribution in [1.29, 1.82) is 0 Å². The molecule has 2 heterocycles. The van der Waals surface area contributed by atoms with E-state index in [1.807, 2.05) is 24.3 Å². The first-order valence-corrected chi connectivity index (χ1v) is 13.4. The Kier molecular flexibility index (Phi) is 6.54. The van der Waals surface area contributed by atoms with E-state index in [1.54, 1.807) is 17.8 Å². The molecule has 2 aromatic heterocycles. The number of aromatic amines is 1. The van der Waals surface area contributed by atoms with Crippen LogP contribution < -0.4 is 5.56 Å². The molecule has 0 atom stereocenters. The van der Waals surface area contributed by atoms with Gasteiger partial charge in [-0.25, -0.2) is 10.1 Å². The Morgan fingerprint density at radius 2 is 1.73 bits per heavy atom. The van der Waals surface area contributed by atoms with Crippen LogP contribution >= 0.6 is 15.9 Å². The van der Waals surface area contributed by atoms with Crippen LogP contribution in [0, 0.1) is 0 Å². The van der Waals surface area contributed by atoms with Crippen molar-refractivity contribution in [3.63, 3.8) is 0 Å². The lowest BCUT2D eigenvalue weighted by Crippen LogP contribution is -2.08. The van der Waals surface area contributed by atoms with Crippen LogP contribution in [0.2, 0.25) is 0 Å². The molecule has 0 saturated carbocycles. The average Bonchev–Trinajstić information content (AvgIpc) is 2.93. The van der Waals surface area contributed by atoms with E-state index in [4.69, 9.17) is 0 Å². The van der Waals surface area contributed by atoms with Crippen LogP contribution in [0.3, 0.4) is 0 Å². The fourth-order valence-electron chi connectivity index (χ4n) is 5.50. The van der Waals surface area contributed by atoms with Crippen molar-refractivity contribution in [3.05, 3.63) is 134 Å². The summed E-state index contributed by atoms with van der Waals surface area (Å²) < 4.78 is 0.902. The van der Waals surface area contributed by atoms with Crippen LogP contribution in [-0.4, -0.2) is 15.2 Å².